The van der Waals surface area contributed by atoms with Gasteiger partial charge in [0.1, 0.15) is 0 Å². The summed E-state index contributed by atoms with van der Waals surface area (Å²) in [5, 5.41) is 9.94. The van der Waals surface area contributed by atoms with Crippen molar-refractivity contribution in [3.63, 3.8) is 0 Å². The molecule has 3 aliphatic rings. The number of hydrogen-bond acceptors (Lipinski definition) is 5. The van der Waals surface area contributed by atoms with E-state index in [9.17, 15) is 40.9 Å². The zero-order valence-electron chi connectivity index (χ0n) is 67.7. The van der Waals surface area contributed by atoms with E-state index >= 15 is 0 Å². The van der Waals surface area contributed by atoms with Gasteiger partial charge in [0.05, 0.1) is 91.2 Å². The Balaban J connectivity index is 1.28. The van der Waals surface area contributed by atoms with Crippen molar-refractivity contribution < 1.29 is 41.1 Å². The molecule has 70 heavy (non-hydrogen) atoms. The van der Waals surface area contributed by atoms with E-state index in [4.69, 9.17) is 5.48 Å². The van der Waals surface area contributed by atoms with Crippen molar-refractivity contribution in [1.82, 2.24) is 4.57 Å². The highest BCUT2D eigenvalue weighted by Gasteiger charge is 2.46. The number of hydrogen-bond donors (Lipinski definition) is 0. The highest BCUT2D eigenvalue weighted by Crippen LogP contribution is 2.54. The lowest BCUT2D eigenvalue weighted by Crippen LogP contribution is -2.61. The summed E-state index contributed by atoms with van der Waals surface area (Å²) in [6.07, 6.45) is 0. The second-order valence-corrected chi connectivity index (χ2v) is 20.0. The fourth-order valence-electron chi connectivity index (χ4n) is 9.53. The van der Waals surface area contributed by atoms with Gasteiger partial charge in [0, 0.05) is 60.4 Å². The molecule has 0 atom stereocenters. The topological polar surface area (TPSA) is 38.4 Å². The standard InChI is InChI=1S/C63H48BN5S/c1-62(2,3)39-24-28-41(29-25-39)66(42-30-26-40(27-31-42)63(4,5)6)43-32-33-48-54(36-43)67(53-22-12-17-47-45-15-8-10-23-57(45)70-61(47)53)55-34-38(37-65)35-56-58(55)64(48)49-18-13-21-52-60(49)69(56)51-20-11-16-46-44-14-7-9-19-50(44)68(52)59(46)51/h7-36H,1-6H3/i7D,8D,9D,10D,11D,12D,13D,14D,15D,16D,17D,18D,19D,20D,21D,22D,23D,24D,25D,26D,27D,28D,29D,30D,31D,32D,33D,34D,35D,36D. The van der Waals surface area contributed by atoms with Gasteiger partial charge in [0.2, 0.25) is 0 Å². The largest absolute Gasteiger partial charge is 0.310 e. The summed E-state index contributed by atoms with van der Waals surface area (Å²) >= 11 is 0.538. The van der Waals surface area contributed by atoms with Gasteiger partial charge in [-0.15, -0.1) is 11.3 Å². The SMILES string of the molecule is [2H]c1c([2H])c2c3c(c1[2H])-n1c4c([2H])c([2H])c([2H])c([2H])c4c4c([2H])c([2H])c([2H])c(c41)N3c1c([2H])c(C#N)c([2H])c3c1B2c1c([2H])c([2H])c(N(c2c([2H])c([2H])c(C(C)(C)C)c([2H])c2[2H])c2c([2H])c([2H])c(C(C)(C)C)c([2H])c2[2H])c([2H])c1N3c1c([2H])c([2H])c([2H])c2c1sc1c([2H])c([2H])c([2H])c([2H])c12. The predicted octanol–water partition coefficient (Wildman–Crippen LogP) is 15.5. The number of para-hydroxylation sites is 3. The number of benzene rings is 9. The molecule has 5 heterocycles. The Bertz CT molecular complexity index is 5750. The lowest BCUT2D eigenvalue weighted by atomic mass is 9.33. The van der Waals surface area contributed by atoms with Crippen LogP contribution < -0.4 is 31.1 Å². The molecule has 0 amide bonds. The lowest BCUT2D eigenvalue weighted by Gasteiger charge is -2.46. The number of nitrogens with zero attached hydrogens (tertiary/aromatic N) is 5. The van der Waals surface area contributed by atoms with E-state index in [-0.39, 0.29) is 31.4 Å². The van der Waals surface area contributed by atoms with Gasteiger partial charge >= 0.3 is 0 Å². The molecule has 0 spiro atoms. The van der Waals surface area contributed by atoms with E-state index in [1.807, 2.05) is 6.07 Å². The van der Waals surface area contributed by atoms with E-state index in [0.717, 1.165) is 14.4 Å². The third-order valence-corrected chi connectivity index (χ3v) is 13.8. The molecule has 0 aliphatic carbocycles. The van der Waals surface area contributed by atoms with Crippen molar-refractivity contribution in [1.29, 1.82) is 5.26 Å². The first kappa shape index (κ1) is 20.9. The average molecular weight is 948 g/mol. The summed E-state index contributed by atoms with van der Waals surface area (Å²) in [6.45, 7) is 7.46. The third kappa shape index (κ3) is 5.71. The molecule has 0 N–H and O–H groups in total. The molecule has 0 unspecified atom stereocenters. The van der Waals surface area contributed by atoms with Crippen molar-refractivity contribution in [2.75, 3.05) is 14.7 Å². The van der Waals surface area contributed by atoms with Crippen LogP contribution in [0.25, 0.3) is 47.7 Å². The van der Waals surface area contributed by atoms with E-state index in [1.54, 1.807) is 41.5 Å². The third-order valence-electron chi connectivity index (χ3n) is 12.7. The summed E-state index contributed by atoms with van der Waals surface area (Å²) in [5.74, 6) is 0. The van der Waals surface area contributed by atoms with Gasteiger partial charge in [-0.25, -0.2) is 0 Å². The van der Waals surface area contributed by atoms with Gasteiger partial charge in [0.25, 0.3) is 6.71 Å². The number of aromatic nitrogens is 1. The highest BCUT2D eigenvalue weighted by molar-refractivity contribution is 7.26. The van der Waals surface area contributed by atoms with Crippen molar-refractivity contribution >= 4 is 128 Å². The van der Waals surface area contributed by atoms with Crippen LogP contribution in [0.4, 0.5) is 51.2 Å². The number of nitriles is 1. The fourth-order valence-corrected chi connectivity index (χ4v) is 10.6. The monoisotopic (exact) mass is 948 g/mol. The first-order valence-electron chi connectivity index (χ1n) is 36.9. The summed E-state index contributed by atoms with van der Waals surface area (Å²) in [6, 6.07) is -24.2. The normalized spacial score (nSPS) is 19.5. The molecule has 14 rings (SSSR count). The summed E-state index contributed by atoms with van der Waals surface area (Å²) < 4.78 is 291. The van der Waals surface area contributed by atoms with Crippen LogP contribution in [-0.4, -0.2) is 11.3 Å². The molecule has 334 valence electrons. The maximum atomic E-state index is 11.5. The second kappa shape index (κ2) is 14.5. The molecule has 2 aromatic heterocycles. The summed E-state index contributed by atoms with van der Waals surface area (Å²) in [4.78, 5) is 2.49. The van der Waals surface area contributed by atoms with Crippen LogP contribution in [0.1, 0.15) is 99.4 Å². The molecule has 11 aromatic rings. The van der Waals surface area contributed by atoms with Crippen LogP contribution >= 0.6 is 11.3 Å². The first-order valence-corrected chi connectivity index (χ1v) is 22.7. The van der Waals surface area contributed by atoms with Gasteiger partial charge in [0.15, 0.2) is 0 Å². The molecule has 9 aromatic carbocycles. The van der Waals surface area contributed by atoms with Crippen LogP contribution in [0.5, 0.6) is 0 Å². The van der Waals surface area contributed by atoms with Crippen molar-refractivity contribution in [2.24, 2.45) is 0 Å². The van der Waals surface area contributed by atoms with Gasteiger partial charge in [-0.1, -0.05) is 144 Å². The fraction of sp³-hybridized carbons (Fsp3) is 0.127. The molecular formula is C63H48BN5S. The minimum absolute atomic E-state index is 0.163. The maximum Gasteiger partial charge on any atom is 0.252 e. The average Bonchev–Trinajstić information content (AvgIpc) is 1.21. The molecule has 0 radical (unpaired) electrons. The molecule has 0 bridgehead atoms. The van der Waals surface area contributed by atoms with Crippen LogP contribution in [0.2, 0.25) is 0 Å². The smallest absolute Gasteiger partial charge is 0.252 e. The molecule has 0 fully saturated rings. The second-order valence-electron chi connectivity index (χ2n) is 18.9. The minimum atomic E-state index is -2.11. The Morgan fingerprint density at radius 1 is 0.514 bits per heavy atom. The summed E-state index contributed by atoms with van der Waals surface area (Å²) in [5.41, 5.74) is -13.4. The summed E-state index contributed by atoms with van der Waals surface area (Å²) in [7, 11) is 0. The molecule has 0 saturated carbocycles. The quantitative estimate of drug-likeness (QED) is 0.165. The van der Waals surface area contributed by atoms with E-state index in [0.29, 0.717) is 16.2 Å². The Labute approximate surface area is 454 Å². The van der Waals surface area contributed by atoms with Crippen molar-refractivity contribution in [2.45, 2.75) is 52.4 Å². The zero-order chi connectivity index (χ0) is 73.5. The Morgan fingerprint density at radius 3 is 1.80 bits per heavy atom. The molecular weight excluding hydrogens is 870 g/mol. The molecule has 3 aliphatic heterocycles. The molecule has 7 heteroatoms. The van der Waals surface area contributed by atoms with Gasteiger partial charge in [-0.05, 0) is 117 Å². The Hall–Kier alpha value is -8.05. The van der Waals surface area contributed by atoms with Crippen LogP contribution in [0.3, 0.4) is 0 Å². The number of rotatable bonds is 4. The Morgan fingerprint density at radius 2 is 1.10 bits per heavy atom. The van der Waals surface area contributed by atoms with E-state index < -0.39 is 299 Å². The highest BCUT2D eigenvalue weighted by atomic mass is 32.1. The van der Waals surface area contributed by atoms with Crippen molar-refractivity contribution in [3.05, 3.63) is 198 Å². The predicted molar refractivity (Wildman–Crippen MR) is 298 cm³/mol. The van der Waals surface area contributed by atoms with Crippen molar-refractivity contribution in [3.8, 4) is 11.8 Å². The van der Waals surface area contributed by atoms with Gasteiger partial charge in [-0.2, -0.15) is 5.26 Å². The Kier molecular flexibility index (Phi) is 4.33. The van der Waals surface area contributed by atoms with Crippen LogP contribution in [-0.2, 0) is 10.8 Å². The molecule has 5 nitrogen and oxygen atoms in total. The number of anilines is 9. The first-order chi connectivity index (χ1) is 46.5. The minimum Gasteiger partial charge on any atom is -0.310 e. The molecule has 0 saturated heterocycles. The van der Waals surface area contributed by atoms with Crippen LogP contribution in [0, 0.1) is 11.3 Å². The van der Waals surface area contributed by atoms with Gasteiger partial charge < -0.3 is 19.3 Å². The lowest BCUT2D eigenvalue weighted by molar-refractivity contribution is 0.590. The number of thiophene rings is 1. The van der Waals surface area contributed by atoms with E-state index in [2.05, 4.69) is 0 Å². The maximum absolute atomic E-state index is 11.5. The zero-order valence-corrected chi connectivity index (χ0v) is 38.5. The van der Waals surface area contributed by atoms with E-state index in [1.165, 1.54) is 0 Å². The number of fused-ring (bicyclic) bond motifs is 12. The van der Waals surface area contributed by atoms with Gasteiger partial charge in [-0.3, -0.25) is 0 Å². The van der Waals surface area contributed by atoms with Crippen LogP contribution in [0.15, 0.2) is 181 Å².